The van der Waals surface area contributed by atoms with E-state index in [1.165, 1.54) is 10.6 Å². The summed E-state index contributed by atoms with van der Waals surface area (Å²) in [5, 5.41) is 4.47. The highest BCUT2D eigenvalue weighted by Crippen LogP contribution is 2.36. The second-order valence-electron chi connectivity index (χ2n) is 6.23. The summed E-state index contributed by atoms with van der Waals surface area (Å²) in [6.45, 7) is 4.74. The summed E-state index contributed by atoms with van der Waals surface area (Å²) in [7, 11) is 3.60. The van der Waals surface area contributed by atoms with E-state index >= 15 is 0 Å². The van der Waals surface area contributed by atoms with Crippen molar-refractivity contribution in [3.8, 4) is 0 Å². The molecule has 23 heavy (non-hydrogen) atoms. The van der Waals surface area contributed by atoms with Crippen LogP contribution in [0.25, 0.3) is 0 Å². The van der Waals surface area contributed by atoms with Crippen molar-refractivity contribution in [3.63, 3.8) is 0 Å². The van der Waals surface area contributed by atoms with Crippen LogP contribution in [0.4, 0.5) is 0 Å². The van der Waals surface area contributed by atoms with Crippen LogP contribution in [0.1, 0.15) is 46.2 Å². The second-order valence-corrected chi connectivity index (χ2v) is 6.23. The summed E-state index contributed by atoms with van der Waals surface area (Å²) in [6.07, 6.45) is 3.54. The molecule has 0 radical (unpaired) electrons. The zero-order chi connectivity index (χ0) is 16.7. The van der Waals surface area contributed by atoms with Crippen LogP contribution in [0.15, 0.2) is 23.1 Å². The minimum atomic E-state index is -0.166. The fraction of sp³-hybridized carbons (Fsp3) is 0.471. The number of hydrogen-bond acceptors (Lipinski definition) is 3. The molecule has 122 valence electrons. The average Bonchev–Trinajstić information content (AvgIpc) is 3.06. The summed E-state index contributed by atoms with van der Waals surface area (Å²) in [4.78, 5) is 26.6. The fourth-order valence-electron chi connectivity index (χ4n) is 3.43. The molecule has 1 amide bonds. The van der Waals surface area contributed by atoms with Crippen LogP contribution in [-0.4, -0.2) is 31.7 Å². The Balaban J connectivity index is 1.96. The first-order valence-electron chi connectivity index (χ1n) is 7.88. The van der Waals surface area contributed by atoms with E-state index in [0.29, 0.717) is 12.1 Å². The van der Waals surface area contributed by atoms with Crippen molar-refractivity contribution >= 4 is 5.91 Å². The van der Waals surface area contributed by atoms with E-state index in [-0.39, 0.29) is 17.5 Å². The van der Waals surface area contributed by atoms with Gasteiger partial charge in [0.15, 0.2) is 0 Å². The average molecular weight is 314 g/mol. The highest BCUT2D eigenvalue weighted by atomic mass is 16.2. The number of nitrogens with zero attached hydrogens (tertiary/aromatic N) is 4. The van der Waals surface area contributed by atoms with Crippen LogP contribution < -0.4 is 5.56 Å². The van der Waals surface area contributed by atoms with Crippen molar-refractivity contribution in [2.75, 3.05) is 6.54 Å². The van der Waals surface area contributed by atoms with E-state index in [1.807, 2.05) is 30.5 Å². The molecule has 1 aliphatic heterocycles. The molecule has 1 aliphatic rings. The Kier molecular flexibility index (Phi) is 3.83. The van der Waals surface area contributed by atoms with Crippen LogP contribution in [0.3, 0.4) is 0 Å². The number of hydrogen-bond donors (Lipinski definition) is 0. The number of likely N-dealkylation sites (tertiary alicyclic amines) is 1. The van der Waals surface area contributed by atoms with Crippen molar-refractivity contribution in [1.29, 1.82) is 0 Å². The highest BCUT2D eigenvalue weighted by Gasteiger charge is 2.34. The van der Waals surface area contributed by atoms with Crippen molar-refractivity contribution in [3.05, 3.63) is 51.2 Å². The normalized spacial score (nSPS) is 17.7. The van der Waals surface area contributed by atoms with Crippen LogP contribution in [0, 0.1) is 13.8 Å². The molecule has 3 rings (SSSR count). The van der Waals surface area contributed by atoms with Gasteiger partial charge in [0.05, 0.1) is 11.7 Å². The molecule has 1 saturated heterocycles. The first-order valence-corrected chi connectivity index (χ1v) is 7.88. The summed E-state index contributed by atoms with van der Waals surface area (Å²) in [6, 6.07) is 3.17. The molecule has 0 N–H and O–H groups in total. The molecule has 2 aromatic heterocycles. The number of rotatable bonds is 2. The van der Waals surface area contributed by atoms with E-state index in [2.05, 4.69) is 5.10 Å². The van der Waals surface area contributed by atoms with Gasteiger partial charge in [0.1, 0.15) is 0 Å². The van der Waals surface area contributed by atoms with Gasteiger partial charge in [-0.1, -0.05) is 0 Å². The maximum atomic E-state index is 12.9. The molecule has 0 aliphatic carbocycles. The van der Waals surface area contributed by atoms with Crippen LogP contribution in [0.5, 0.6) is 0 Å². The molecule has 0 spiro atoms. The maximum absolute atomic E-state index is 12.9. The molecule has 0 aromatic carbocycles. The summed E-state index contributed by atoms with van der Waals surface area (Å²) in [5.74, 6) is -0.0761. The Morgan fingerprint density at radius 1 is 1.30 bits per heavy atom. The summed E-state index contributed by atoms with van der Waals surface area (Å²) >= 11 is 0. The van der Waals surface area contributed by atoms with E-state index in [0.717, 1.165) is 29.8 Å². The lowest BCUT2D eigenvalue weighted by molar-refractivity contribution is 0.0734. The Morgan fingerprint density at radius 3 is 2.65 bits per heavy atom. The monoisotopic (exact) mass is 314 g/mol. The number of carbonyl (C=O) groups excluding carboxylic acids is 1. The summed E-state index contributed by atoms with van der Waals surface area (Å²) in [5.41, 5.74) is 3.50. The van der Waals surface area contributed by atoms with Crippen LogP contribution in [-0.2, 0) is 14.1 Å². The van der Waals surface area contributed by atoms with Crippen molar-refractivity contribution < 1.29 is 4.79 Å². The largest absolute Gasteiger partial charge is 0.331 e. The van der Waals surface area contributed by atoms with E-state index in [4.69, 9.17) is 0 Å². The van der Waals surface area contributed by atoms with Gasteiger partial charge in [-0.3, -0.25) is 14.3 Å². The molecule has 0 unspecified atom stereocenters. The topological polar surface area (TPSA) is 60.1 Å². The minimum Gasteiger partial charge on any atom is -0.331 e. The molecule has 0 saturated carbocycles. The molecule has 6 nitrogen and oxygen atoms in total. The molecule has 6 heteroatoms. The number of aromatic nitrogens is 3. The SMILES string of the molecule is Cc1nn(C)c(C)c1[C@@H]1CCCN1C(=O)c1ccn(C)c(=O)c1. The predicted molar refractivity (Wildman–Crippen MR) is 87.4 cm³/mol. The van der Waals surface area contributed by atoms with Gasteiger partial charge in [0.2, 0.25) is 0 Å². The fourth-order valence-corrected chi connectivity index (χ4v) is 3.43. The van der Waals surface area contributed by atoms with Crippen molar-refractivity contribution in [2.24, 2.45) is 14.1 Å². The Bertz CT molecular complexity index is 818. The maximum Gasteiger partial charge on any atom is 0.254 e. The van der Waals surface area contributed by atoms with Gasteiger partial charge in [-0.25, -0.2) is 0 Å². The van der Waals surface area contributed by atoms with Gasteiger partial charge in [0, 0.05) is 49.7 Å². The van der Waals surface area contributed by atoms with Crippen LogP contribution >= 0.6 is 0 Å². The third kappa shape index (κ3) is 2.58. The van der Waals surface area contributed by atoms with Gasteiger partial charge in [-0.2, -0.15) is 5.10 Å². The number of carbonyl (C=O) groups is 1. The standard InChI is InChI=1S/C17H22N4O2/c1-11-16(12(2)20(4)18-11)14-6-5-8-21(14)17(23)13-7-9-19(3)15(22)10-13/h7,9-10,14H,5-6,8H2,1-4H3/t14-/m0/s1. The van der Waals surface area contributed by atoms with Crippen LogP contribution in [0.2, 0.25) is 0 Å². The molecule has 1 atom stereocenters. The Hall–Kier alpha value is -2.37. The molecule has 2 aromatic rings. The number of amides is 1. The van der Waals surface area contributed by atoms with Gasteiger partial charge in [-0.05, 0) is 32.8 Å². The lowest BCUT2D eigenvalue weighted by Crippen LogP contribution is -2.32. The third-order valence-electron chi connectivity index (χ3n) is 4.76. The zero-order valence-electron chi connectivity index (χ0n) is 14.0. The predicted octanol–water partition coefficient (Wildman–Crippen LogP) is 1.71. The summed E-state index contributed by atoms with van der Waals surface area (Å²) < 4.78 is 3.33. The van der Waals surface area contributed by atoms with Gasteiger partial charge < -0.3 is 9.47 Å². The van der Waals surface area contributed by atoms with Crippen molar-refractivity contribution in [2.45, 2.75) is 32.7 Å². The Labute approximate surface area is 135 Å². The van der Waals surface area contributed by atoms with E-state index < -0.39 is 0 Å². The van der Waals surface area contributed by atoms with E-state index in [1.54, 1.807) is 19.3 Å². The smallest absolute Gasteiger partial charge is 0.254 e. The quantitative estimate of drug-likeness (QED) is 0.848. The first kappa shape index (κ1) is 15.5. The molecular weight excluding hydrogens is 292 g/mol. The Morgan fingerprint density at radius 2 is 2.04 bits per heavy atom. The van der Waals surface area contributed by atoms with Crippen molar-refractivity contribution in [1.82, 2.24) is 19.2 Å². The number of aryl methyl sites for hydroxylation is 3. The van der Waals surface area contributed by atoms with Gasteiger partial charge in [-0.15, -0.1) is 0 Å². The molecule has 3 heterocycles. The van der Waals surface area contributed by atoms with Gasteiger partial charge in [0.25, 0.3) is 11.5 Å². The molecule has 1 fully saturated rings. The lowest BCUT2D eigenvalue weighted by atomic mass is 10.0. The molecular formula is C17H22N4O2. The molecule has 0 bridgehead atoms. The minimum absolute atomic E-state index is 0.0419. The third-order valence-corrected chi connectivity index (χ3v) is 4.76. The number of pyridine rings is 1. The first-order chi connectivity index (χ1) is 10.9. The zero-order valence-corrected chi connectivity index (χ0v) is 14.0. The highest BCUT2D eigenvalue weighted by molar-refractivity contribution is 5.94. The lowest BCUT2D eigenvalue weighted by Gasteiger charge is -2.25. The van der Waals surface area contributed by atoms with E-state index in [9.17, 15) is 9.59 Å². The van der Waals surface area contributed by atoms with Gasteiger partial charge >= 0.3 is 0 Å². The second kappa shape index (κ2) is 5.68.